The number of imidazole rings is 1. The molecule has 0 saturated carbocycles. The zero-order valence-corrected chi connectivity index (χ0v) is 8.87. The zero-order valence-electron chi connectivity index (χ0n) is 8.87. The Morgan fingerprint density at radius 1 is 1.57 bits per heavy atom. The third kappa shape index (κ3) is 1.57. The number of carbonyl (C=O) groups is 1. The van der Waals surface area contributed by atoms with Crippen molar-refractivity contribution in [3.8, 4) is 0 Å². The van der Waals surface area contributed by atoms with Crippen LogP contribution >= 0.6 is 0 Å². The highest BCUT2D eigenvalue weighted by Crippen LogP contribution is 2.16. The van der Waals surface area contributed by atoms with Gasteiger partial charge in [-0.3, -0.25) is 4.79 Å². The lowest BCUT2D eigenvalue weighted by Crippen LogP contribution is -2.22. The van der Waals surface area contributed by atoms with E-state index in [1.165, 1.54) is 11.8 Å². The predicted molar refractivity (Wildman–Crippen MR) is 52.1 cm³/mol. The second-order valence-corrected chi connectivity index (χ2v) is 3.40. The molecular weight excluding hydrogens is 182 g/mol. The molecule has 1 heterocycles. The largest absolute Gasteiger partial charge is 0.415 e. The normalized spacial score (nSPS) is 10.6. The lowest BCUT2D eigenvalue weighted by atomic mass is 10.2. The number of nitrogens with zero attached hydrogens (tertiary/aromatic N) is 2. The SMILES string of the molecule is COn1c(C(C)C)nc(C)c1C(N)=O. The molecule has 78 valence electrons. The Bertz CT molecular complexity index is 355. The van der Waals surface area contributed by atoms with Crippen LogP contribution in [0.1, 0.15) is 41.8 Å². The van der Waals surface area contributed by atoms with E-state index in [4.69, 9.17) is 10.6 Å². The van der Waals surface area contributed by atoms with Gasteiger partial charge in [0.2, 0.25) is 0 Å². The zero-order chi connectivity index (χ0) is 10.9. The van der Waals surface area contributed by atoms with E-state index in [-0.39, 0.29) is 5.92 Å². The molecule has 0 aliphatic carbocycles. The van der Waals surface area contributed by atoms with E-state index in [0.29, 0.717) is 17.2 Å². The summed E-state index contributed by atoms with van der Waals surface area (Å²) in [6, 6.07) is 0. The number of carbonyl (C=O) groups excluding carboxylic acids is 1. The first kappa shape index (κ1) is 10.6. The van der Waals surface area contributed by atoms with Gasteiger partial charge in [-0.2, -0.15) is 4.73 Å². The van der Waals surface area contributed by atoms with Gasteiger partial charge in [0.05, 0.1) is 5.69 Å². The summed E-state index contributed by atoms with van der Waals surface area (Å²) in [5.41, 5.74) is 6.14. The summed E-state index contributed by atoms with van der Waals surface area (Å²) in [5.74, 6) is 0.365. The summed E-state index contributed by atoms with van der Waals surface area (Å²) in [6.07, 6.45) is 0. The summed E-state index contributed by atoms with van der Waals surface area (Å²) >= 11 is 0. The minimum Gasteiger partial charge on any atom is -0.415 e. The number of aryl methyl sites for hydroxylation is 1. The molecule has 0 aromatic carbocycles. The second kappa shape index (κ2) is 3.69. The molecule has 5 heteroatoms. The van der Waals surface area contributed by atoms with E-state index >= 15 is 0 Å². The minimum atomic E-state index is -0.524. The molecule has 1 aromatic rings. The molecule has 1 aromatic heterocycles. The van der Waals surface area contributed by atoms with Crippen LogP contribution in [0.2, 0.25) is 0 Å². The van der Waals surface area contributed by atoms with Gasteiger partial charge in [-0.1, -0.05) is 13.8 Å². The molecule has 0 atom stereocenters. The van der Waals surface area contributed by atoms with Crippen molar-refractivity contribution in [1.82, 2.24) is 9.71 Å². The molecule has 0 aliphatic heterocycles. The highest BCUT2D eigenvalue weighted by Gasteiger charge is 2.20. The van der Waals surface area contributed by atoms with Gasteiger partial charge in [-0.05, 0) is 6.92 Å². The highest BCUT2D eigenvalue weighted by atomic mass is 16.6. The van der Waals surface area contributed by atoms with E-state index in [1.54, 1.807) is 6.92 Å². The number of rotatable bonds is 3. The van der Waals surface area contributed by atoms with Crippen molar-refractivity contribution in [1.29, 1.82) is 0 Å². The van der Waals surface area contributed by atoms with Crippen LogP contribution in [0, 0.1) is 6.92 Å². The quantitative estimate of drug-likeness (QED) is 0.765. The van der Waals surface area contributed by atoms with Crippen LogP contribution in [0.25, 0.3) is 0 Å². The number of hydrogen-bond donors (Lipinski definition) is 1. The first-order chi connectivity index (χ1) is 6.49. The second-order valence-electron chi connectivity index (χ2n) is 3.40. The van der Waals surface area contributed by atoms with Crippen LogP contribution < -0.4 is 10.6 Å². The maximum absolute atomic E-state index is 11.1. The predicted octanol–water partition coefficient (Wildman–Crippen LogP) is 0.472. The molecule has 0 radical (unpaired) electrons. The Morgan fingerprint density at radius 3 is 2.50 bits per heavy atom. The number of primary amides is 1. The Morgan fingerprint density at radius 2 is 2.14 bits per heavy atom. The molecule has 5 nitrogen and oxygen atoms in total. The van der Waals surface area contributed by atoms with E-state index in [1.807, 2.05) is 13.8 Å². The Labute approximate surface area is 82.8 Å². The van der Waals surface area contributed by atoms with Crippen molar-refractivity contribution in [2.24, 2.45) is 5.73 Å². The molecule has 0 bridgehead atoms. The molecule has 0 saturated heterocycles. The molecular formula is C9H15N3O2. The van der Waals surface area contributed by atoms with Gasteiger partial charge in [0.25, 0.3) is 5.91 Å². The first-order valence-corrected chi connectivity index (χ1v) is 4.42. The van der Waals surface area contributed by atoms with Crippen molar-refractivity contribution in [2.45, 2.75) is 26.7 Å². The smallest absolute Gasteiger partial charge is 0.270 e. The summed E-state index contributed by atoms with van der Waals surface area (Å²) in [5, 5.41) is 0. The lowest BCUT2D eigenvalue weighted by Gasteiger charge is -2.09. The van der Waals surface area contributed by atoms with Crippen LogP contribution in [0.15, 0.2) is 0 Å². The maximum Gasteiger partial charge on any atom is 0.270 e. The molecule has 2 N–H and O–H groups in total. The number of hydrogen-bond acceptors (Lipinski definition) is 3. The molecule has 1 amide bonds. The Balaban J connectivity index is 3.35. The molecule has 0 fully saturated rings. The molecule has 14 heavy (non-hydrogen) atoms. The van der Waals surface area contributed by atoms with Gasteiger partial charge >= 0.3 is 0 Å². The van der Waals surface area contributed by atoms with Crippen molar-refractivity contribution < 1.29 is 9.63 Å². The van der Waals surface area contributed by atoms with E-state index in [9.17, 15) is 4.79 Å². The van der Waals surface area contributed by atoms with Crippen molar-refractivity contribution >= 4 is 5.91 Å². The minimum absolute atomic E-state index is 0.182. The molecule has 1 rings (SSSR count). The fourth-order valence-electron chi connectivity index (χ4n) is 1.36. The fraction of sp³-hybridized carbons (Fsp3) is 0.556. The highest BCUT2D eigenvalue weighted by molar-refractivity contribution is 5.92. The van der Waals surface area contributed by atoms with Crippen LogP contribution in [0.5, 0.6) is 0 Å². The molecule has 0 unspecified atom stereocenters. The molecule has 0 spiro atoms. The number of aromatic nitrogens is 2. The maximum atomic E-state index is 11.1. The monoisotopic (exact) mass is 197 g/mol. The van der Waals surface area contributed by atoms with Gasteiger partial charge in [0.1, 0.15) is 12.9 Å². The topological polar surface area (TPSA) is 70.1 Å². The lowest BCUT2D eigenvalue weighted by molar-refractivity contribution is 0.0932. The standard InChI is InChI=1S/C9H15N3O2/c1-5(2)9-11-6(3)7(8(10)13)12(9)14-4/h5H,1-4H3,(H2,10,13). The van der Waals surface area contributed by atoms with Crippen LogP contribution in [-0.4, -0.2) is 22.7 Å². The van der Waals surface area contributed by atoms with Crippen LogP contribution in [-0.2, 0) is 0 Å². The van der Waals surface area contributed by atoms with Crippen molar-refractivity contribution in [3.63, 3.8) is 0 Å². The number of amides is 1. The van der Waals surface area contributed by atoms with E-state index in [2.05, 4.69) is 4.98 Å². The van der Waals surface area contributed by atoms with Crippen molar-refractivity contribution in [2.75, 3.05) is 7.11 Å². The van der Waals surface area contributed by atoms with Gasteiger partial charge in [-0.15, -0.1) is 0 Å². The average molecular weight is 197 g/mol. The Hall–Kier alpha value is -1.52. The Kier molecular flexibility index (Phi) is 2.78. The number of nitrogens with two attached hydrogens (primary N) is 1. The summed E-state index contributed by atoms with van der Waals surface area (Å²) in [4.78, 5) is 20.4. The summed E-state index contributed by atoms with van der Waals surface area (Å²) in [6.45, 7) is 5.69. The fourth-order valence-corrected chi connectivity index (χ4v) is 1.36. The third-order valence-corrected chi connectivity index (χ3v) is 1.97. The molecule has 0 aliphatic rings. The summed E-state index contributed by atoms with van der Waals surface area (Å²) in [7, 11) is 1.49. The van der Waals surface area contributed by atoms with Crippen LogP contribution in [0.4, 0.5) is 0 Å². The third-order valence-electron chi connectivity index (χ3n) is 1.97. The van der Waals surface area contributed by atoms with Gasteiger partial charge in [0, 0.05) is 5.92 Å². The van der Waals surface area contributed by atoms with Gasteiger partial charge in [-0.25, -0.2) is 4.98 Å². The van der Waals surface area contributed by atoms with Gasteiger partial charge < -0.3 is 10.6 Å². The summed E-state index contributed by atoms with van der Waals surface area (Å²) < 4.78 is 1.39. The first-order valence-electron chi connectivity index (χ1n) is 4.42. The van der Waals surface area contributed by atoms with E-state index < -0.39 is 5.91 Å². The van der Waals surface area contributed by atoms with Crippen molar-refractivity contribution in [3.05, 3.63) is 17.2 Å². The van der Waals surface area contributed by atoms with E-state index in [0.717, 1.165) is 0 Å². The average Bonchev–Trinajstić information content (AvgIpc) is 2.41. The van der Waals surface area contributed by atoms with Crippen LogP contribution in [0.3, 0.4) is 0 Å². The van der Waals surface area contributed by atoms with Gasteiger partial charge in [0.15, 0.2) is 5.69 Å².